The molecule has 2 aromatic heterocycles. The number of hydrogen-bond donors (Lipinski definition) is 1. The smallest absolute Gasteiger partial charge is 0.281 e. The molecule has 226 valence electrons. The number of pyridine rings is 1. The molecule has 1 aliphatic carbocycles. The van der Waals surface area contributed by atoms with Gasteiger partial charge in [-0.15, -0.1) is 0 Å². The Labute approximate surface area is 250 Å². The highest BCUT2D eigenvalue weighted by Crippen LogP contribution is 2.49. The van der Waals surface area contributed by atoms with E-state index in [1.807, 2.05) is 4.90 Å². The molecular formula is C30H29ClF4N6O2. The number of aromatic nitrogens is 3. The van der Waals surface area contributed by atoms with E-state index in [2.05, 4.69) is 20.3 Å². The highest BCUT2D eigenvalue weighted by atomic mass is 35.5. The third kappa shape index (κ3) is 5.64. The molecule has 0 radical (unpaired) electrons. The van der Waals surface area contributed by atoms with Crippen LogP contribution in [-0.2, 0) is 10.2 Å². The first-order valence-corrected chi connectivity index (χ1v) is 14.6. The molecule has 3 aliphatic rings. The van der Waals surface area contributed by atoms with E-state index in [9.17, 15) is 27.2 Å². The Morgan fingerprint density at radius 2 is 1.70 bits per heavy atom. The standard InChI is InChI=1S/C30H29ClF4N6O2/c31-18-11-22(25(26(34)35)36-13-18)27(42)39-21-4-1-17(2-5-21)16-41-24-12-19(32)3-6-23(24)30(28(41)43)7-9-40(10-8-30)29-37-14-20(33)15-38-29/h3,6,11-15,17,21,26H,1-2,4-5,7-10,16H2,(H,39,42). The Morgan fingerprint density at radius 3 is 2.37 bits per heavy atom. The Morgan fingerprint density at radius 1 is 1.00 bits per heavy atom. The van der Waals surface area contributed by atoms with E-state index >= 15 is 0 Å². The zero-order valence-electron chi connectivity index (χ0n) is 23.1. The second kappa shape index (κ2) is 11.7. The van der Waals surface area contributed by atoms with Gasteiger partial charge < -0.3 is 15.1 Å². The van der Waals surface area contributed by atoms with Gasteiger partial charge in [-0.1, -0.05) is 17.7 Å². The van der Waals surface area contributed by atoms with Gasteiger partial charge in [0.25, 0.3) is 12.3 Å². The number of hydrogen-bond acceptors (Lipinski definition) is 6. The van der Waals surface area contributed by atoms with Gasteiger partial charge in [0.1, 0.15) is 11.5 Å². The van der Waals surface area contributed by atoms with Crippen LogP contribution >= 0.6 is 11.6 Å². The van der Waals surface area contributed by atoms with Gasteiger partial charge in [0.05, 0.1) is 34.1 Å². The predicted octanol–water partition coefficient (Wildman–Crippen LogP) is 5.61. The first kappa shape index (κ1) is 29.3. The Bertz CT molecular complexity index is 1530. The van der Waals surface area contributed by atoms with Gasteiger partial charge in [-0.2, -0.15) is 0 Å². The maximum atomic E-state index is 14.4. The van der Waals surface area contributed by atoms with Crippen molar-refractivity contribution in [3.8, 4) is 0 Å². The lowest BCUT2D eigenvalue weighted by atomic mass is 9.73. The fourth-order valence-corrected chi connectivity index (χ4v) is 6.81. The third-order valence-electron chi connectivity index (χ3n) is 8.89. The number of halogens is 5. The topological polar surface area (TPSA) is 91.3 Å². The molecule has 0 atom stereocenters. The van der Waals surface area contributed by atoms with Crippen molar-refractivity contribution in [2.45, 2.75) is 56.4 Å². The van der Waals surface area contributed by atoms with Crippen LogP contribution in [0.5, 0.6) is 0 Å². The number of nitrogens with zero attached hydrogens (tertiary/aromatic N) is 5. The zero-order valence-corrected chi connectivity index (χ0v) is 23.8. The zero-order chi connectivity index (χ0) is 30.3. The highest BCUT2D eigenvalue weighted by molar-refractivity contribution is 6.30. The fraction of sp³-hybridized carbons (Fsp3) is 0.433. The van der Waals surface area contributed by atoms with E-state index in [-0.39, 0.29) is 28.5 Å². The molecule has 1 N–H and O–H groups in total. The van der Waals surface area contributed by atoms with Gasteiger partial charge in [0, 0.05) is 31.9 Å². The number of piperidine rings is 1. The molecule has 43 heavy (non-hydrogen) atoms. The summed E-state index contributed by atoms with van der Waals surface area (Å²) < 4.78 is 54.5. The van der Waals surface area contributed by atoms with Crippen LogP contribution in [0, 0.1) is 17.6 Å². The minimum absolute atomic E-state index is 0.0591. The maximum Gasteiger partial charge on any atom is 0.281 e. The molecule has 6 rings (SSSR count). The van der Waals surface area contributed by atoms with Crippen LogP contribution in [0.15, 0.2) is 42.9 Å². The number of nitrogens with one attached hydrogen (secondary N) is 1. The van der Waals surface area contributed by atoms with Crippen LogP contribution in [-0.4, -0.2) is 52.4 Å². The van der Waals surface area contributed by atoms with Gasteiger partial charge in [-0.25, -0.2) is 27.5 Å². The predicted molar refractivity (Wildman–Crippen MR) is 151 cm³/mol. The van der Waals surface area contributed by atoms with E-state index < -0.39 is 35.1 Å². The SMILES string of the molecule is O=C(NC1CCC(CN2C(=O)C3(CCN(c4ncc(F)cn4)CC3)c3ccc(F)cc32)CC1)c1cc(Cl)cnc1C(F)F. The number of anilines is 2. The normalized spacial score (nSPS) is 21.4. The summed E-state index contributed by atoms with van der Waals surface area (Å²) >= 11 is 5.90. The van der Waals surface area contributed by atoms with Gasteiger partial charge in [-0.3, -0.25) is 14.6 Å². The van der Waals surface area contributed by atoms with E-state index in [4.69, 9.17) is 11.6 Å². The largest absolute Gasteiger partial charge is 0.349 e. The van der Waals surface area contributed by atoms with Gasteiger partial charge in [0.2, 0.25) is 11.9 Å². The minimum Gasteiger partial charge on any atom is -0.349 e. The first-order valence-electron chi connectivity index (χ1n) is 14.2. The number of carbonyl (C=O) groups is 2. The van der Waals surface area contributed by atoms with Crippen molar-refractivity contribution >= 4 is 35.1 Å². The lowest BCUT2D eigenvalue weighted by molar-refractivity contribution is -0.124. The van der Waals surface area contributed by atoms with Crippen molar-refractivity contribution in [3.63, 3.8) is 0 Å². The average Bonchev–Trinajstić information content (AvgIpc) is 3.20. The molecule has 8 nitrogen and oxygen atoms in total. The maximum absolute atomic E-state index is 14.4. The Hall–Kier alpha value is -3.80. The van der Waals surface area contributed by atoms with Crippen molar-refractivity contribution < 1.29 is 27.2 Å². The van der Waals surface area contributed by atoms with Crippen molar-refractivity contribution in [2.24, 2.45) is 5.92 Å². The third-order valence-corrected chi connectivity index (χ3v) is 9.09. The van der Waals surface area contributed by atoms with E-state index in [0.29, 0.717) is 69.8 Å². The summed E-state index contributed by atoms with van der Waals surface area (Å²) in [6.45, 7) is 1.39. The molecule has 2 aliphatic heterocycles. The van der Waals surface area contributed by atoms with Gasteiger partial charge >= 0.3 is 0 Å². The second-order valence-corrected chi connectivity index (χ2v) is 11.9. The van der Waals surface area contributed by atoms with Crippen LogP contribution in [0.25, 0.3) is 0 Å². The fourth-order valence-electron chi connectivity index (χ4n) is 6.65. The molecule has 2 fully saturated rings. The number of carbonyl (C=O) groups excluding carboxylic acids is 2. The summed E-state index contributed by atoms with van der Waals surface area (Å²) in [6.07, 6.45) is 3.96. The molecule has 0 unspecified atom stereocenters. The molecule has 1 spiro atoms. The minimum atomic E-state index is -2.91. The molecular weight excluding hydrogens is 588 g/mol. The van der Waals surface area contributed by atoms with Crippen LogP contribution in [0.1, 0.15) is 66.6 Å². The average molecular weight is 617 g/mol. The van der Waals surface area contributed by atoms with Crippen LogP contribution in [0.3, 0.4) is 0 Å². The van der Waals surface area contributed by atoms with Crippen LogP contribution in [0.2, 0.25) is 5.02 Å². The van der Waals surface area contributed by atoms with Crippen molar-refractivity contribution in [2.75, 3.05) is 29.4 Å². The van der Waals surface area contributed by atoms with Gasteiger partial charge in [0.15, 0.2) is 5.82 Å². The molecule has 1 aromatic carbocycles. The Balaban J connectivity index is 1.11. The monoisotopic (exact) mass is 616 g/mol. The lowest BCUT2D eigenvalue weighted by Gasteiger charge is -2.39. The highest BCUT2D eigenvalue weighted by Gasteiger charge is 2.52. The molecule has 1 saturated carbocycles. The second-order valence-electron chi connectivity index (χ2n) is 11.4. The number of amides is 2. The molecule has 4 heterocycles. The lowest BCUT2D eigenvalue weighted by Crippen LogP contribution is -2.50. The van der Waals surface area contributed by atoms with E-state index in [0.717, 1.165) is 24.2 Å². The molecule has 2 amide bonds. The summed E-state index contributed by atoms with van der Waals surface area (Å²) in [5, 5.41) is 2.93. The van der Waals surface area contributed by atoms with Crippen LogP contribution in [0.4, 0.5) is 29.2 Å². The number of benzene rings is 1. The van der Waals surface area contributed by atoms with Crippen molar-refractivity contribution in [1.82, 2.24) is 20.3 Å². The van der Waals surface area contributed by atoms with Crippen molar-refractivity contribution in [3.05, 3.63) is 76.3 Å². The molecule has 13 heteroatoms. The molecule has 1 saturated heterocycles. The number of alkyl halides is 2. The number of rotatable bonds is 6. The molecule has 0 bridgehead atoms. The van der Waals surface area contributed by atoms with Gasteiger partial charge in [-0.05, 0) is 68.2 Å². The van der Waals surface area contributed by atoms with Crippen LogP contribution < -0.4 is 15.1 Å². The first-order chi connectivity index (χ1) is 20.6. The number of fused-ring (bicyclic) bond motifs is 2. The van der Waals surface area contributed by atoms with Crippen molar-refractivity contribution in [1.29, 1.82) is 0 Å². The summed E-state index contributed by atoms with van der Waals surface area (Å²) in [6, 6.07) is 5.48. The summed E-state index contributed by atoms with van der Waals surface area (Å²) in [5.41, 5.74) is -0.255. The summed E-state index contributed by atoms with van der Waals surface area (Å²) in [5.74, 6) is -1.14. The molecule has 3 aromatic rings. The van der Waals surface area contributed by atoms with E-state index in [1.165, 1.54) is 18.2 Å². The Kier molecular flexibility index (Phi) is 7.97. The van der Waals surface area contributed by atoms with E-state index in [1.54, 1.807) is 11.0 Å². The quantitative estimate of drug-likeness (QED) is 0.362. The summed E-state index contributed by atoms with van der Waals surface area (Å²) in [4.78, 5) is 42.2. The summed E-state index contributed by atoms with van der Waals surface area (Å²) in [7, 11) is 0.